The van der Waals surface area contributed by atoms with E-state index in [4.69, 9.17) is 9.47 Å². The van der Waals surface area contributed by atoms with E-state index in [1.165, 1.54) is 0 Å². The molecule has 1 heterocycles. The number of carbonyl (C=O) groups is 4. The van der Waals surface area contributed by atoms with Crippen molar-refractivity contribution in [3.05, 3.63) is 108 Å². The second-order valence-electron chi connectivity index (χ2n) is 8.31. The molecule has 1 aliphatic heterocycles. The van der Waals surface area contributed by atoms with Gasteiger partial charge in [0.2, 0.25) is 5.54 Å². The summed E-state index contributed by atoms with van der Waals surface area (Å²) < 4.78 is 10.7. The van der Waals surface area contributed by atoms with Crippen LogP contribution in [0.3, 0.4) is 0 Å². The minimum absolute atomic E-state index is 0.0217. The lowest BCUT2D eigenvalue weighted by atomic mass is 9.62. The van der Waals surface area contributed by atoms with Crippen LogP contribution in [-0.4, -0.2) is 53.3 Å². The first kappa shape index (κ1) is 24.9. The molecule has 0 bridgehead atoms. The zero-order valence-electron chi connectivity index (χ0n) is 20.1. The zero-order valence-corrected chi connectivity index (χ0v) is 20.1. The van der Waals surface area contributed by atoms with Crippen LogP contribution in [0.4, 0.5) is 0 Å². The number of nitrogens with zero attached hydrogens (tertiary/aromatic N) is 1. The lowest BCUT2D eigenvalue weighted by Gasteiger charge is -2.59. The molecule has 7 nitrogen and oxygen atoms in total. The van der Waals surface area contributed by atoms with Crippen molar-refractivity contribution in [2.45, 2.75) is 31.3 Å². The van der Waals surface area contributed by atoms with Crippen molar-refractivity contribution in [2.24, 2.45) is 0 Å². The van der Waals surface area contributed by atoms with Crippen molar-refractivity contribution >= 4 is 23.6 Å². The second kappa shape index (κ2) is 10.6. The topological polar surface area (TPSA) is 90.0 Å². The first-order chi connectivity index (χ1) is 17.5. The van der Waals surface area contributed by atoms with E-state index in [2.05, 4.69) is 0 Å². The predicted molar refractivity (Wildman–Crippen MR) is 132 cm³/mol. The highest BCUT2D eigenvalue weighted by Crippen LogP contribution is 2.52. The summed E-state index contributed by atoms with van der Waals surface area (Å²) in [6.45, 7) is 3.18. The Morgan fingerprint density at radius 1 is 0.694 bits per heavy atom. The highest BCUT2D eigenvalue weighted by Gasteiger charge is 2.75. The van der Waals surface area contributed by atoms with Gasteiger partial charge in [0, 0.05) is 11.1 Å². The molecule has 0 aliphatic carbocycles. The van der Waals surface area contributed by atoms with Crippen molar-refractivity contribution in [2.75, 3.05) is 13.2 Å². The number of hydrogen-bond acceptors (Lipinski definition) is 6. The van der Waals surface area contributed by atoms with E-state index >= 15 is 0 Å². The van der Waals surface area contributed by atoms with E-state index in [1.54, 1.807) is 105 Å². The molecule has 0 unspecified atom stereocenters. The van der Waals surface area contributed by atoms with Crippen LogP contribution in [0.25, 0.3) is 0 Å². The second-order valence-corrected chi connectivity index (χ2v) is 8.31. The van der Waals surface area contributed by atoms with Gasteiger partial charge in [-0.15, -0.1) is 0 Å². The number of ketones is 1. The maximum atomic E-state index is 13.9. The van der Waals surface area contributed by atoms with Gasteiger partial charge in [0.15, 0.2) is 5.78 Å². The SMILES string of the molecule is CCOC(=O)C1(C(=O)OCC)[C@H](c2ccccc2)[C@@H](C(=O)c2ccccc2)N1C(=O)c1ccccc1. The fourth-order valence-corrected chi connectivity index (χ4v) is 4.81. The zero-order chi connectivity index (χ0) is 25.7. The monoisotopic (exact) mass is 485 g/mol. The molecule has 184 valence electrons. The van der Waals surface area contributed by atoms with Crippen molar-refractivity contribution in [1.82, 2.24) is 4.90 Å². The molecular weight excluding hydrogens is 458 g/mol. The van der Waals surface area contributed by atoms with E-state index in [9.17, 15) is 19.2 Å². The normalized spacial score (nSPS) is 18.0. The van der Waals surface area contributed by atoms with Crippen LogP contribution < -0.4 is 0 Å². The van der Waals surface area contributed by atoms with Gasteiger partial charge >= 0.3 is 11.9 Å². The minimum Gasteiger partial charge on any atom is -0.464 e. The summed E-state index contributed by atoms with van der Waals surface area (Å²) in [5.74, 6) is -3.91. The molecule has 1 fully saturated rings. The number of hydrogen-bond donors (Lipinski definition) is 0. The third-order valence-electron chi connectivity index (χ3n) is 6.32. The van der Waals surface area contributed by atoms with Gasteiger partial charge in [0.1, 0.15) is 6.04 Å². The Morgan fingerprint density at radius 3 is 1.61 bits per heavy atom. The summed E-state index contributed by atoms with van der Waals surface area (Å²) in [6, 6.07) is 24.4. The largest absolute Gasteiger partial charge is 0.464 e. The van der Waals surface area contributed by atoms with E-state index in [1.807, 2.05) is 0 Å². The van der Waals surface area contributed by atoms with E-state index in [0.29, 0.717) is 11.1 Å². The van der Waals surface area contributed by atoms with Crippen molar-refractivity contribution in [3.8, 4) is 0 Å². The molecule has 0 saturated carbocycles. The van der Waals surface area contributed by atoms with Gasteiger partial charge in [-0.2, -0.15) is 0 Å². The highest BCUT2D eigenvalue weighted by atomic mass is 16.6. The molecule has 7 heteroatoms. The smallest absolute Gasteiger partial charge is 0.344 e. The lowest BCUT2D eigenvalue weighted by molar-refractivity contribution is -0.189. The summed E-state index contributed by atoms with van der Waals surface area (Å²) in [5.41, 5.74) is -1.04. The van der Waals surface area contributed by atoms with Crippen LogP contribution in [0.2, 0.25) is 0 Å². The first-order valence-corrected chi connectivity index (χ1v) is 11.9. The quantitative estimate of drug-likeness (QED) is 0.272. The van der Waals surface area contributed by atoms with Gasteiger partial charge in [0.25, 0.3) is 5.91 Å². The number of rotatable bonds is 8. The Kier molecular flexibility index (Phi) is 7.29. The highest BCUT2D eigenvalue weighted by molar-refractivity contribution is 6.18. The van der Waals surface area contributed by atoms with Crippen LogP contribution in [-0.2, 0) is 19.1 Å². The summed E-state index contributed by atoms with van der Waals surface area (Å²) in [6.07, 6.45) is 0. The van der Waals surface area contributed by atoms with Crippen molar-refractivity contribution in [3.63, 3.8) is 0 Å². The molecule has 0 N–H and O–H groups in total. The Balaban J connectivity index is 1.98. The number of Topliss-reactive ketones (excluding diaryl/α,β-unsaturated/α-hetero) is 1. The van der Waals surface area contributed by atoms with E-state index in [0.717, 1.165) is 4.90 Å². The molecule has 1 saturated heterocycles. The van der Waals surface area contributed by atoms with E-state index < -0.39 is 41.1 Å². The molecule has 2 atom stereocenters. The number of likely N-dealkylation sites (tertiary alicyclic amines) is 1. The predicted octanol–water partition coefficient (Wildman–Crippen LogP) is 4.04. The van der Waals surface area contributed by atoms with Gasteiger partial charge in [-0.05, 0) is 31.5 Å². The molecule has 0 aromatic heterocycles. The van der Waals surface area contributed by atoms with Gasteiger partial charge in [0.05, 0.1) is 19.1 Å². The van der Waals surface area contributed by atoms with Crippen molar-refractivity contribution < 1.29 is 28.7 Å². The standard InChI is InChI=1S/C29H27NO6/c1-3-35-27(33)29(28(34)36-4-2)23(20-14-8-5-9-15-20)24(25(31)21-16-10-6-11-17-21)30(29)26(32)22-18-12-7-13-19-22/h5-19,23-24H,3-4H2,1-2H3/t23-,24+/m1/s1. The molecule has 1 aliphatic rings. The average molecular weight is 486 g/mol. The van der Waals surface area contributed by atoms with Crippen LogP contribution in [0.1, 0.15) is 46.0 Å². The molecule has 3 aromatic rings. The molecule has 3 aromatic carbocycles. The summed E-state index contributed by atoms with van der Waals surface area (Å²) >= 11 is 0. The van der Waals surface area contributed by atoms with Gasteiger partial charge in [-0.25, -0.2) is 9.59 Å². The number of carbonyl (C=O) groups excluding carboxylic acids is 4. The van der Waals surface area contributed by atoms with Gasteiger partial charge in [-0.1, -0.05) is 78.9 Å². The minimum atomic E-state index is -2.17. The Labute approximate surface area is 209 Å². The third kappa shape index (κ3) is 4.06. The molecular formula is C29H27NO6. The molecule has 4 rings (SSSR count). The maximum Gasteiger partial charge on any atom is 0.344 e. The van der Waals surface area contributed by atoms with Crippen LogP contribution >= 0.6 is 0 Å². The Hall–Kier alpha value is -4.26. The fourth-order valence-electron chi connectivity index (χ4n) is 4.81. The number of ether oxygens (including phenoxy) is 2. The van der Waals surface area contributed by atoms with E-state index in [-0.39, 0.29) is 18.8 Å². The summed E-state index contributed by atoms with van der Waals surface area (Å²) in [4.78, 5) is 56.2. The first-order valence-electron chi connectivity index (χ1n) is 11.9. The Bertz CT molecular complexity index is 1220. The number of esters is 2. The summed E-state index contributed by atoms with van der Waals surface area (Å²) in [7, 11) is 0. The summed E-state index contributed by atoms with van der Waals surface area (Å²) in [5, 5.41) is 0. The maximum absolute atomic E-state index is 13.9. The van der Waals surface area contributed by atoms with Gasteiger partial charge in [-0.3, -0.25) is 9.59 Å². The van der Waals surface area contributed by atoms with Crippen LogP contribution in [0.5, 0.6) is 0 Å². The molecule has 1 amide bonds. The lowest BCUT2D eigenvalue weighted by Crippen LogP contribution is -2.82. The van der Waals surface area contributed by atoms with Crippen molar-refractivity contribution in [1.29, 1.82) is 0 Å². The molecule has 0 radical (unpaired) electrons. The third-order valence-corrected chi connectivity index (χ3v) is 6.32. The van der Waals surface area contributed by atoms with Gasteiger partial charge < -0.3 is 14.4 Å². The Morgan fingerprint density at radius 2 is 1.14 bits per heavy atom. The molecule has 36 heavy (non-hydrogen) atoms. The number of amides is 1. The number of benzene rings is 3. The van der Waals surface area contributed by atoms with Crippen LogP contribution in [0.15, 0.2) is 91.0 Å². The van der Waals surface area contributed by atoms with Crippen LogP contribution in [0, 0.1) is 0 Å². The average Bonchev–Trinajstić information content (AvgIpc) is 2.90. The fraction of sp³-hybridized carbons (Fsp3) is 0.241. The molecule has 0 spiro atoms.